The standard InChI is InChI=1S/C19H28N2O2/c1-14(2)19(23)20-17-10-12-21(13-11-17)18(22)9-8-16-6-4-15(3)5-7-16/h4-7,14,17H,8-13H2,1-3H3,(H,20,23). The summed E-state index contributed by atoms with van der Waals surface area (Å²) in [5, 5.41) is 3.06. The van der Waals surface area contributed by atoms with E-state index in [9.17, 15) is 9.59 Å². The molecule has 2 rings (SSSR count). The SMILES string of the molecule is Cc1ccc(CCC(=O)N2CCC(NC(=O)C(C)C)CC2)cc1. The highest BCUT2D eigenvalue weighted by molar-refractivity contribution is 5.78. The lowest BCUT2D eigenvalue weighted by molar-refractivity contribution is -0.132. The van der Waals surface area contributed by atoms with E-state index in [1.54, 1.807) is 0 Å². The molecule has 0 spiro atoms. The summed E-state index contributed by atoms with van der Waals surface area (Å²) in [4.78, 5) is 26.0. The predicted molar refractivity (Wildman–Crippen MR) is 92.1 cm³/mol. The minimum atomic E-state index is 0.0178. The lowest BCUT2D eigenvalue weighted by Crippen LogP contribution is -2.47. The maximum Gasteiger partial charge on any atom is 0.222 e. The molecule has 1 aromatic carbocycles. The van der Waals surface area contributed by atoms with Gasteiger partial charge in [0.05, 0.1) is 0 Å². The van der Waals surface area contributed by atoms with Crippen molar-refractivity contribution in [1.29, 1.82) is 0 Å². The molecule has 0 atom stereocenters. The van der Waals surface area contributed by atoms with Crippen molar-refractivity contribution in [1.82, 2.24) is 10.2 Å². The van der Waals surface area contributed by atoms with E-state index in [2.05, 4.69) is 36.5 Å². The second-order valence-electron chi connectivity index (χ2n) is 6.80. The number of piperidine rings is 1. The minimum absolute atomic E-state index is 0.0178. The van der Waals surface area contributed by atoms with E-state index in [4.69, 9.17) is 0 Å². The number of nitrogens with zero attached hydrogens (tertiary/aromatic N) is 1. The average molecular weight is 316 g/mol. The Labute approximate surface area is 139 Å². The molecule has 1 aliphatic heterocycles. The average Bonchev–Trinajstić information content (AvgIpc) is 2.54. The molecule has 1 heterocycles. The quantitative estimate of drug-likeness (QED) is 0.908. The molecular formula is C19H28N2O2. The van der Waals surface area contributed by atoms with Gasteiger partial charge in [-0.05, 0) is 31.7 Å². The second-order valence-corrected chi connectivity index (χ2v) is 6.80. The molecule has 4 heteroatoms. The van der Waals surface area contributed by atoms with Crippen molar-refractivity contribution in [2.24, 2.45) is 5.92 Å². The van der Waals surface area contributed by atoms with Crippen LogP contribution in [0.4, 0.5) is 0 Å². The zero-order valence-corrected chi connectivity index (χ0v) is 14.5. The van der Waals surface area contributed by atoms with Gasteiger partial charge in [0.1, 0.15) is 0 Å². The summed E-state index contributed by atoms with van der Waals surface area (Å²) in [6.07, 6.45) is 3.07. The van der Waals surface area contributed by atoms with Crippen molar-refractivity contribution < 1.29 is 9.59 Å². The van der Waals surface area contributed by atoms with Crippen LogP contribution in [0.1, 0.15) is 44.2 Å². The van der Waals surface area contributed by atoms with Gasteiger partial charge in [0.15, 0.2) is 0 Å². The normalized spacial score (nSPS) is 15.7. The highest BCUT2D eigenvalue weighted by Gasteiger charge is 2.24. The summed E-state index contributed by atoms with van der Waals surface area (Å²) in [5.41, 5.74) is 2.45. The predicted octanol–water partition coefficient (Wildman–Crippen LogP) is 2.69. The van der Waals surface area contributed by atoms with Crippen LogP contribution in [0.5, 0.6) is 0 Å². The Bertz CT molecular complexity index is 529. The summed E-state index contributed by atoms with van der Waals surface area (Å²) in [5.74, 6) is 0.345. The van der Waals surface area contributed by atoms with E-state index in [1.807, 2.05) is 18.7 Å². The van der Waals surface area contributed by atoms with Gasteiger partial charge in [0, 0.05) is 31.5 Å². The Balaban J connectivity index is 1.73. The fourth-order valence-corrected chi connectivity index (χ4v) is 2.81. The van der Waals surface area contributed by atoms with E-state index in [0.717, 1.165) is 32.4 Å². The van der Waals surface area contributed by atoms with Crippen molar-refractivity contribution >= 4 is 11.8 Å². The zero-order valence-electron chi connectivity index (χ0n) is 14.5. The Hall–Kier alpha value is -1.84. The van der Waals surface area contributed by atoms with Crippen LogP contribution in [-0.4, -0.2) is 35.8 Å². The third-order valence-electron chi connectivity index (χ3n) is 4.47. The molecule has 0 aromatic heterocycles. The number of rotatable bonds is 5. The Morgan fingerprint density at radius 2 is 1.78 bits per heavy atom. The van der Waals surface area contributed by atoms with Gasteiger partial charge in [-0.15, -0.1) is 0 Å². The summed E-state index contributed by atoms with van der Waals surface area (Å²) >= 11 is 0. The third-order valence-corrected chi connectivity index (χ3v) is 4.47. The van der Waals surface area contributed by atoms with Gasteiger partial charge in [0.25, 0.3) is 0 Å². The van der Waals surface area contributed by atoms with Crippen molar-refractivity contribution in [3.8, 4) is 0 Å². The largest absolute Gasteiger partial charge is 0.353 e. The number of likely N-dealkylation sites (tertiary alicyclic amines) is 1. The smallest absolute Gasteiger partial charge is 0.222 e. The number of carbonyl (C=O) groups excluding carboxylic acids is 2. The Kier molecular flexibility index (Phi) is 6.20. The van der Waals surface area contributed by atoms with Gasteiger partial charge in [0.2, 0.25) is 11.8 Å². The van der Waals surface area contributed by atoms with E-state index < -0.39 is 0 Å². The van der Waals surface area contributed by atoms with Crippen molar-refractivity contribution in [2.45, 2.75) is 52.5 Å². The lowest BCUT2D eigenvalue weighted by Gasteiger charge is -2.32. The van der Waals surface area contributed by atoms with Gasteiger partial charge in [-0.2, -0.15) is 0 Å². The Morgan fingerprint density at radius 3 is 2.35 bits per heavy atom. The summed E-state index contributed by atoms with van der Waals surface area (Å²) in [6.45, 7) is 7.36. The fourth-order valence-electron chi connectivity index (χ4n) is 2.81. The first-order valence-electron chi connectivity index (χ1n) is 8.59. The van der Waals surface area contributed by atoms with E-state index in [1.165, 1.54) is 11.1 Å². The molecule has 0 saturated carbocycles. The van der Waals surface area contributed by atoms with Crippen molar-refractivity contribution in [2.75, 3.05) is 13.1 Å². The second kappa shape index (κ2) is 8.14. The molecular weight excluding hydrogens is 288 g/mol. The number of benzene rings is 1. The molecule has 1 N–H and O–H groups in total. The number of aryl methyl sites for hydroxylation is 2. The lowest BCUT2D eigenvalue weighted by atomic mass is 10.0. The van der Waals surface area contributed by atoms with Crippen LogP contribution in [0.3, 0.4) is 0 Å². The van der Waals surface area contributed by atoms with Crippen LogP contribution >= 0.6 is 0 Å². The first-order chi connectivity index (χ1) is 11.0. The van der Waals surface area contributed by atoms with Crippen molar-refractivity contribution in [3.63, 3.8) is 0 Å². The highest BCUT2D eigenvalue weighted by Crippen LogP contribution is 2.14. The first kappa shape index (κ1) is 17.5. The van der Waals surface area contributed by atoms with Crippen LogP contribution in [0, 0.1) is 12.8 Å². The third kappa shape index (κ3) is 5.38. The highest BCUT2D eigenvalue weighted by atomic mass is 16.2. The number of carbonyl (C=O) groups is 2. The first-order valence-corrected chi connectivity index (χ1v) is 8.59. The van der Waals surface area contributed by atoms with E-state index >= 15 is 0 Å². The molecule has 1 aromatic rings. The number of amides is 2. The number of nitrogens with one attached hydrogen (secondary N) is 1. The molecule has 23 heavy (non-hydrogen) atoms. The van der Waals surface area contributed by atoms with Crippen LogP contribution in [-0.2, 0) is 16.0 Å². The van der Waals surface area contributed by atoms with Crippen LogP contribution < -0.4 is 5.32 Å². The summed E-state index contributed by atoms with van der Waals surface area (Å²) in [7, 11) is 0. The number of hydrogen-bond donors (Lipinski definition) is 1. The van der Waals surface area contributed by atoms with Crippen LogP contribution in [0.2, 0.25) is 0 Å². The molecule has 2 amide bonds. The molecule has 0 unspecified atom stereocenters. The molecule has 0 aliphatic carbocycles. The van der Waals surface area contributed by atoms with Gasteiger partial charge in [-0.3, -0.25) is 9.59 Å². The molecule has 1 fully saturated rings. The summed E-state index contributed by atoms with van der Waals surface area (Å²) < 4.78 is 0. The van der Waals surface area contributed by atoms with Crippen molar-refractivity contribution in [3.05, 3.63) is 35.4 Å². The zero-order chi connectivity index (χ0) is 16.8. The maximum absolute atomic E-state index is 12.3. The van der Waals surface area contributed by atoms with E-state index in [0.29, 0.717) is 6.42 Å². The molecule has 1 saturated heterocycles. The minimum Gasteiger partial charge on any atom is -0.353 e. The molecule has 0 radical (unpaired) electrons. The van der Waals surface area contributed by atoms with Gasteiger partial charge in [-0.25, -0.2) is 0 Å². The summed E-state index contributed by atoms with van der Waals surface area (Å²) in [6, 6.07) is 8.57. The van der Waals surface area contributed by atoms with Crippen LogP contribution in [0.25, 0.3) is 0 Å². The fraction of sp³-hybridized carbons (Fsp3) is 0.579. The maximum atomic E-state index is 12.3. The number of hydrogen-bond acceptors (Lipinski definition) is 2. The molecule has 4 nitrogen and oxygen atoms in total. The molecule has 1 aliphatic rings. The Morgan fingerprint density at radius 1 is 1.17 bits per heavy atom. The topological polar surface area (TPSA) is 49.4 Å². The monoisotopic (exact) mass is 316 g/mol. The van der Waals surface area contributed by atoms with Gasteiger partial charge >= 0.3 is 0 Å². The van der Waals surface area contributed by atoms with Crippen LogP contribution in [0.15, 0.2) is 24.3 Å². The van der Waals surface area contributed by atoms with Gasteiger partial charge < -0.3 is 10.2 Å². The molecule has 126 valence electrons. The molecule has 0 bridgehead atoms. The van der Waals surface area contributed by atoms with E-state index in [-0.39, 0.29) is 23.8 Å². The van der Waals surface area contributed by atoms with Gasteiger partial charge in [-0.1, -0.05) is 43.7 Å².